The smallest absolute Gasteiger partial charge is 0.146 e. The highest BCUT2D eigenvalue weighted by Gasteiger charge is 2.14. The van der Waals surface area contributed by atoms with Crippen molar-refractivity contribution < 1.29 is 9.50 Å². The van der Waals surface area contributed by atoms with Crippen molar-refractivity contribution in [3.8, 4) is 0 Å². The molecule has 0 aliphatic rings. The van der Waals surface area contributed by atoms with Gasteiger partial charge in [-0.15, -0.1) is 0 Å². The predicted octanol–water partition coefficient (Wildman–Crippen LogP) is 2.03. The summed E-state index contributed by atoms with van der Waals surface area (Å²) < 4.78 is 13.4. The zero-order valence-electron chi connectivity index (χ0n) is 7.93. The highest BCUT2D eigenvalue weighted by molar-refractivity contribution is 6.30. The van der Waals surface area contributed by atoms with Crippen LogP contribution in [0.4, 0.5) is 4.39 Å². The summed E-state index contributed by atoms with van der Waals surface area (Å²) in [5, 5.41) is 8.89. The van der Waals surface area contributed by atoms with Crippen LogP contribution in [0, 0.1) is 5.82 Å². The first kappa shape index (κ1) is 11.4. The molecular formula is C10H13ClFNO. The van der Waals surface area contributed by atoms with Crippen LogP contribution < -0.4 is 5.73 Å². The number of rotatable bonds is 3. The Kier molecular flexibility index (Phi) is 3.86. The predicted molar refractivity (Wildman–Crippen MR) is 54.8 cm³/mol. The van der Waals surface area contributed by atoms with E-state index in [0.717, 1.165) is 12.0 Å². The number of nitrogens with two attached hydrogens (primary N) is 1. The van der Waals surface area contributed by atoms with Crippen molar-refractivity contribution in [3.05, 3.63) is 34.1 Å². The Balaban J connectivity index is 3.20. The fourth-order valence-corrected chi connectivity index (χ4v) is 1.49. The van der Waals surface area contributed by atoms with Gasteiger partial charge in [0.1, 0.15) is 5.82 Å². The van der Waals surface area contributed by atoms with Crippen LogP contribution in [-0.4, -0.2) is 11.7 Å². The minimum atomic E-state index is -0.709. The molecule has 1 aromatic rings. The molecule has 1 unspecified atom stereocenters. The van der Waals surface area contributed by atoms with Crippen LogP contribution in [0.2, 0.25) is 5.02 Å². The van der Waals surface area contributed by atoms with E-state index in [-0.39, 0.29) is 17.2 Å². The number of halogens is 2. The van der Waals surface area contributed by atoms with E-state index < -0.39 is 11.9 Å². The number of aliphatic hydroxyl groups excluding tert-OH is 1. The summed E-state index contributed by atoms with van der Waals surface area (Å²) in [6, 6.07) is 2.51. The Morgan fingerprint density at radius 1 is 1.57 bits per heavy atom. The van der Waals surface area contributed by atoms with Gasteiger partial charge in [0.05, 0.1) is 17.7 Å². The minimum absolute atomic E-state index is 0.0586. The fourth-order valence-electron chi connectivity index (χ4n) is 1.24. The van der Waals surface area contributed by atoms with Crippen LogP contribution in [0.25, 0.3) is 0 Å². The lowest BCUT2D eigenvalue weighted by Gasteiger charge is -2.12. The molecule has 0 radical (unpaired) electrons. The summed E-state index contributed by atoms with van der Waals surface area (Å²) in [5.41, 5.74) is 6.73. The monoisotopic (exact) mass is 217 g/mol. The highest BCUT2D eigenvalue weighted by atomic mass is 35.5. The highest BCUT2D eigenvalue weighted by Crippen LogP contribution is 2.24. The molecule has 0 saturated heterocycles. The maximum Gasteiger partial charge on any atom is 0.146 e. The van der Waals surface area contributed by atoms with Gasteiger partial charge in [0.2, 0.25) is 0 Å². The van der Waals surface area contributed by atoms with Gasteiger partial charge >= 0.3 is 0 Å². The Morgan fingerprint density at radius 2 is 2.21 bits per heavy atom. The van der Waals surface area contributed by atoms with Gasteiger partial charge in [-0.3, -0.25) is 0 Å². The molecule has 0 fully saturated rings. The Hall–Kier alpha value is -0.640. The molecule has 0 heterocycles. The van der Waals surface area contributed by atoms with Crippen molar-refractivity contribution >= 4 is 11.6 Å². The number of aryl methyl sites for hydroxylation is 1. The molecule has 0 aliphatic heterocycles. The first-order valence-electron chi connectivity index (χ1n) is 4.44. The quantitative estimate of drug-likeness (QED) is 0.814. The van der Waals surface area contributed by atoms with Gasteiger partial charge in [-0.1, -0.05) is 24.6 Å². The molecule has 0 bridgehead atoms. The van der Waals surface area contributed by atoms with Crippen molar-refractivity contribution in [3.63, 3.8) is 0 Å². The molecule has 2 nitrogen and oxygen atoms in total. The van der Waals surface area contributed by atoms with Crippen LogP contribution in [0.5, 0.6) is 0 Å². The maximum atomic E-state index is 13.4. The average Bonchev–Trinajstić information content (AvgIpc) is 2.20. The molecular weight excluding hydrogens is 205 g/mol. The maximum absolute atomic E-state index is 13.4. The molecule has 0 aromatic heterocycles. The molecule has 0 saturated carbocycles. The average molecular weight is 218 g/mol. The summed E-state index contributed by atoms with van der Waals surface area (Å²) in [6.45, 7) is 1.65. The second-order valence-corrected chi connectivity index (χ2v) is 3.53. The summed E-state index contributed by atoms with van der Waals surface area (Å²) >= 11 is 5.69. The standard InChI is InChI=1S/C10H13ClFNO/c1-2-6-3-7(9(13)5-14)10(12)8(11)4-6/h3-4,9,14H,2,5,13H2,1H3. The topological polar surface area (TPSA) is 46.2 Å². The molecule has 1 atom stereocenters. The number of hydrogen-bond acceptors (Lipinski definition) is 2. The third-order valence-corrected chi connectivity index (χ3v) is 2.40. The SMILES string of the molecule is CCc1cc(Cl)c(F)c(C(N)CO)c1. The third-order valence-electron chi connectivity index (χ3n) is 2.12. The van der Waals surface area contributed by atoms with E-state index in [1.165, 1.54) is 0 Å². The number of benzene rings is 1. The lowest BCUT2D eigenvalue weighted by atomic mass is 10.0. The largest absolute Gasteiger partial charge is 0.394 e. The lowest BCUT2D eigenvalue weighted by Crippen LogP contribution is -2.16. The Morgan fingerprint density at radius 3 is 2.71 bits per heavy atom. The summed E-state index contributed by atoms with van der Waals surface area (Å²) in [4.78, 5) is 0. The van der Waals surface area contributed by atoms with Gasteiger partial charge < -0.3 is 10.8 Å². The van der Waals surface area contributed by atoms with Gasteiger partial charge in [0, 0.05) is 5.56 Å². The zero-order valence-corrected chi connectivity index (χ0v) is 8.68. The third kappa shape index (κ3) is 2.23. The molecule has 0 amide bonds. The molecule has 78 valence electrons. The van der Waals surface area contributed by atoms with Crippen LogP contribution in [0.15, 0.2) is 12.1 Å². The van der Waals surface area contributed by atoms with Crippen LogP contribution in [-0.2, 0) is 6.42 Å². The van der Waals surface area contributed by atoms with Crippen molar-refractivity contribution in [2.24, 2.45) is 5.73 Å². The summed E-state index contributed by atoms with van der Waals surface area (Å²) in [5.74, 6) is -0.537. The molecule has 1 rings (SSSR count). The Labute approximate surface area is 87.5 Å². The zero-order chi connectivity index (χ0) is 10.7. The van der Waals surface area contributed by atoms with Crippen molar-refractivity contribution in [2.75, 3.05) is 6.61 Å². The molecule has 0 aliphatic carbocycles. The van der Waals surface area contributed by atoms with Gasteiger partial charge in [0.15, 0.2) is 0 Å². The van der Waals surface area contributed by atoms with E-state index in [0.29, 0.717) is 0 Å². The van der Waals surface area contributed by atoms with Crippen LogP contribution >= 0.6 is 11.6 Å². The van der Waals surface area contributed by atoms with Crippen molar-refractivity contribution in [2.45, 2.75) is 19.4 Å². The van der Waals surface area contributed by atoms with E-state index in [1.54, 1.807) is 12.1 Å². The number of aliphatic hydroxyl groups is 1. The molecule has 1 aromatic carbocycles. The van der Waals surface area contributed by atoms with Crippen LogP contribution in [0.3, 0.4) is 0 Å². The second kappa shape index (κ2) is 4.73. The first-order chi connectivity index (χ1) is 6.60. The van der Waals surface area contributed by atoms with Gasteiger partial charge in [0.25, 0.3) is 0 Å². The molecule has 0 spiro atoms. The number of hydrogen-bond donors (Lipinski definition) is 2. The van der Waals surface area contributed by atoms with E-state index >= 15 is 0 Å². The van der Waals surface area contributed by atoms with Gasteiger partial charge in [-0.25, -0.2) is 4.39 Å². The lowest BCUT2D eigenvalue weighted by molar-refractivity contribution is 0.265. The second-order valence-electron chi connectivity index (χ2n) is 3.12. The fraction of sp³-hybridized carbons (Fsp3) is 0.400. The van der Waals surface area contributed by atoms with Gasteiger partial charge in [-0.05, 0) is 18.1 Å². The summed E-state index contributed by atoms with van der Waals surface area (Å²) in [7, 11) is 0. The van der Waals surface area contributed by atoms with E-state index in [4.69, 9.17) is 22.4 Å². The summed E-state index contributed by atoms with van der Waals surface area (Å²) in [6.07, 6.45) is 0.755. The first-order valence-corrected chi connectivity index (χ1v) is 4.82. The van der Waals surface area contributed by atoms with Crippen molar-refractivity contribution in [1.82, 2.24) is 0 Å². The molecule has 4 heteroatoms. The van der Waals surface area contributed by atoms with E-state index in [2.05, 4.69) is 0 Å². The minimum Gasteiger partial charge on any atom is -0.394 e. The van der Waals surface area contributed by atoms with E-state index in [1.807, 2.05) is 6.92 Å². The van der Waals surface area contributed by atoms with E-state index in [9.17, 15) is 4.39 Å². The van der Waals surface area contributed by atoms with Gasteiger partial charge in [-0.2, -0.15) is 0 Å². The normalized spacial score (nSPS) is 12.9. The Bertz CT molecular complexity index is 330. The molecule has 3 N–H and O–H groups in total. The van der Waals surface area contributed by atoms with Crippen molar-refractivity contribution in [1.29, 1.82) is 0 Å². The molecule has 14 heavy (non-hydrogen) atoms. The van der Waals surface area contributed by atoms with Crippen LogP contribution in [0.1, 0.15) is 24.1 Å².